The molecule has 2 atom stereocenters. The van der Waals surface area contributed by atoms with Crippen molar-refractivity contribution in [3.63, 3.8) is 0 Å². The number of piperidine rings is 1. The number of fused-ring (bicyclic) bond motifs is 2. The molecule has 0 aliphatic carbocycles. The fraction of sp³-hybridized carbons (Fsp3) is 0.341. The van der Waals surface area contributed by atoms with Crippen LogP contribution in [0.5, 0.6) is 0 Å². The van der Waals surface area contributed by atoms with Gasteiger partial charge in [-0.15, -0.1) is 5.10 Å². The molecule has 0 spiro atoms. The van der Waals surface area contributed by atoms with Gasteiger partial charge in [0.1, 0.15) is 6.04 Å². The van der Waals surface area contributed by atoms with Crippen LogP contribution in [-0.2, 0) is 34.5 Å². The first-order valence-electron chi connectivity index (χ1n) is 20.0. The predicted molar refractivity (Wildman–Crippen MR) is 220 cm³/mol. The molecule has 8 heterocycles. The van der Waals surface area contributed by atoms with Gasteiger partial charge in [-0.3, -0.25) is 29.3 Å². The van der Waals surface area contributed by atoms with Gasteiger partial charge in [0.25, 0.3) is 11.5 Å². The first kappa shape index (κ1) is 37.3. The van der Waals surface area contributed by atoms with Crippen molar-refractivity contribution in [3.05, 3.63) is 95.6 Å². The van der Waals surface area contributed by atoms with Crippen LogP contribution in [0.15, 0.2) is 84.4 Å². The van der Waals surface area contributed by atoms with Crippen molar-refractivity contribution >= 4 is 45.5 Å². The zero-order valence-corrected chi connectivity index (χ0v) is 32.8. The molecule has 7 aromatic rings. The lowest BCUT2D eigenvalue weighted by molar-refractivity contribution is -0.136. The number of ether oxygens (including phenoxy) is 1. The molecule has 10 rings (SSSR count). The van der Waals surface area contributed by atoms with Crippen LogP contribution in [0.25, 0.3) is 44.5 Å². The van der Waals surface area contributed by atoms with E-state index in [2.05, 4.69) is 74.8 Å². The first-order chi connectivity index (χ1) is 29.3. The topological polar surface area (TPSA) is 200 Å². The van der Waals surface area contributed by atoms with Crippen molar-refractivity contribution in [1.29, 1.82) is 0 Å². The maximum absolute atomic E-state index is 13.2. The largest absolute Gasteiger partial charge is 0.373 e. The summed E-state index contributed by atoms with van der Waals surface area (Å²) in [6.07, 6.45) is 11.0. The average Bonchev–Trinajstić information content (AvgIpc) is 3.90. The third-order valence-electron chi connectivity index (χ3n) is 11.4. The first-order valence-corrected chi connectivity index (χ1v) is 20.0. The van der Waals surface area contributed by atoms with Crippen LogP contribution in [0.1, 0.15) is 24.4 Å². The highest BCUT2D eigenvalue weighted by molar-refractivity contribution is 5.99. The molecule has 2 amide bonds. The van der Waals surface area contributed by atoms with E-state index in [4.69, 9.17) is 14.7 Å². The average molecular weight is 808 g/mol. The number of benzene rings is 2. The Balaban J connectivity index is 0.720. The number of morpholine rings is 1. The molecule has 60 heavy (non-hydrogen) atoms. The minimum Gasteiger partial charge on any atom is -0.373 e. The second-order valence-electron chi connectivity index (χ2n) is 15.4. The zero-order valence-electron chi connectivity index (χ0n) is 32.8. The second kappa shape index (κ2) is 15.6. The number of carbonyl (C=O) groups is 2. The van der Waals surface area contributed by atoms with Crippen molar-refractivity contribution in [3.8, 4) is 22.4 Å². The number of imide groups is 1. The molecule has 19 nitrogen and oxygen atoms in total. The predicted octanol–water partition coefficient (Wildman–Crippen LogP) is 1.99. The van der Waals surface area contributed by atoms with E-state index >= 15 is 0 Å². The number of aromatic nitrogens is 11. The Morgan fingerprint density at radius 1 is 0.833 bits per heavy atom. The van der Waals surface area contributed by atoms with E-state index in [1.165, 1.54) is 10.2 Å². The van der Waals surface area contributed by atoms with Crippen LogP contribution in [0, 0.1) is 0 Å². The van der Waals surface area contributed by atoms with Crippen molar-refractivity contribution in [2.45, 2.75) is 38.1 Å². The van der Waals surface area contributed by atoms with E-state index in [1.807, 2.05) is 37.8 Å². The monoisotopic (exact) mass is 807 g/mol. The van der Waals surface area contributed by atoms with Gasteiger partial charge >= 0.3 is 0 Å². The fourth-order valence-electron chi connectivity index (χ4n) is 8.13. The van der Waals surface area contributed by atoms with E-state index < -0.39 is 11.9 Å². The third kappa shape index (κ3) is 7.43. The van der Waals surface area contributed by atoms with Crippen LogP contribution in [0.4, 0.5) is 11.6 Å². The van der Waals surface area contributed by atoms with Crippen LogP contribution < -0.4 is 20.7 Å². The molecule has 304 valence electrons. The Bertz CT molecular complexity index is 2780. The maximum atomic E-state index is 13.2. The summed E-state index contributed by atoms with van der Waals surface area (Å²) >= 11 is 0. The number of carbonyl (C=O) groups excluding carboxylic acids is 2. The maximum Gasteiger partial charge on any atom is 0.275 e. The summed E-state index contributed by atoms with van der Waals surface area (Å²) in [4.78, 5) is 62.8. The molecule has 3 aliphatic rings. The minimum atomic E-state index is -0.786. The Morgan fingerprint density at radius 3 is 2.45 bits per heavy atom. The standard InChI is InChI=1S/C41H41N15O4/c1-51-23-30(20-45-51)34-21-42-38-37(47-34)49-50-55(38)25-32-24-54(14-15-60-32)41-43-17-29(18-44-41)27-4-2-26(3-5-27)22-52-10-12-53(13-11-52)31-6-7-33-28(16-31)19-46-56(40(33)59)35-8-9-36(57)48-39(35)58/h2-7,16-21,23,32,35H,8-15,22,24-25H2,1H3,(H,48,57,58)/t32-,35?/m0/s1. The van der Waals surface area contributed by atoms with Gasteiger partial charge in [0.2, 0.25) is 17.5 Å². The van der Waals surface area contributed by atoms with Gasteiger partial charge in [-0.1, -0.05) is 29.5 Å². The van der Waals surface area contributed by atoms with Crippen molar-refractivity contribution in [1.82, 2.24) is 64.7 Å². The fourth-order valence-corrected chi connectivity index (χ4v) is 8.13. The number of nitrogens with one attached hydrogen (secondary N) is 1. The highest BCUT2D eigenvalue weighted by Gasteiger charge is 2.30. The smallest absolute Gasteiger partial charge is 0.275 e. The highest BCUT2D eigenvalue weighted by atomic mass is 16.5. The molecule has 1 unspecified atom stereocenters. The van der Waals surface area contributed by atoms with Crippen LogP contribution in [-0.4, -0.2) is 123 Å². The number of anilines is 2. The van der Waals surface area contributed by atoms with Crippen molar-refractivity contribution in [2.24, 2.45) is 7.05 Å². The Labute approximate surface area is 342 Å². The summed E-state index contributed by atoms with van der Waals surface area (Å²) in [5.74, 6) is -0.166. The minimum absolute atomic E-state index is 0.158. The Morgan fingerprint density at radius 2 is 1.67 bits per heavy atom. The number of nitrogens with zero attached hydrogens (tertiary/aromatic N) is 14. The molecule has 3 aliphatic heterocycles. The van der Waals surface area contributed by atoms with Gasteiger partial charge in [-0.25, -0.2) is 29.3 Å². The van der Waals surface area contributed by atoms with Gasteiger partial charge in [0.15, 0.2) is 5.65 Å². The second-order valence-corrected chi connectivity index (χ2v) is 15.4. The summed E-state index contributed by atoms with van der Waals surface area (Å²) in [7, 11) is 1.86. The van der Waals surface area contributed by atoms with Crippen LogP contribution in [0.2, 0.25) is 0 Å². The van der Waals surface area contributed by atoms with E-state index in [1.54, 1.807) is 34.0 Å². The van der Waals surface area contributed by atoms with E-state index in [0.29, 0.717) is 54.6 Å². The molecule has 5 aromatic heterocycles. The number of amides is 2. The van der Waals surface area contributed by atoms with E-state index in [-0.39, 0.29) is 30.4 Å². The van der Waals surface area contributed by atoms with Gasteiger partial charge in [0, 0.05) is 100 Å². The molecule has 2 aromatic carbocycles. The summed E-state index contributed by atoms with van der Waals surface area (Å²) < 4.78 is 10.7. The van der Waals surface area contributed by atoms with Gasteiger partial charge in [-0.05, 0) is 35.7 Å². The van der Waals surface area contributed by atoms with E-state index in [9.17, 15) is 14.4 Å². The molecular weight excluding hydrogens is 767 g/mol. The molecule has 1 N–H and O–H groups in total. The number of aryl methyl sites for hydroxylation is 1. The summed E-state index contributed by atoms with van der Waals surface area (Å²) in [5.41, 5.74) is 6.55. The quantitative estimate of drug-likeness (QED) is 0.208. The van der Waals surface area contributed by atoms with Gasteiger partial charge in [0.05, 0.1) is 48.9 Å². The normalized spacial score (nSPS) is 19.0. The number of hydrogen-bond donors (Lipinski definition) is 1. The molecule has 3 fully saturated rings. The molecular formula is C41H41N15O4. The molecule has 0 bridgehead atoms. The van der Waals surface area contributed by atoms with E-state index in [0.717, 1.165) is 60.5 Å². The summed E-state index contributed by atoms with van der Waals surface area (Å²) in [6.45, 7) is 6.60. The Kier molecular flexibility index (Phi) is 9.72. The number of rotatable bonds is 9. The van der Waals surface area contributed by atoms with Crippen LogP contribution >= 0.6 is 0 Å². The zero-order chi connectivity index (χ0) is 40.7. The summed E-state index contributed by atoms with van der Waals surface area (Å²) in [6, 6.07) is 13.5. The molecule has 0 radical (unpaired) electrons. The van der Waals surface area contributed by atoms with Crippen molar-refractivity contribution in [2.75, 3.05) is 55.7 Å². The number of hydrogen-bond acceptors (Lipinski definition) is 15. The Hall–Kier alpha value is -6.99. The number of piperazine rings is 1. The van der Waals surface area contributed by atoms with Gasteiger partial charge in [-0.2, -0.15) is 10.2 Å². The molecule has 19 heteroatoms. The lowest BCUT2D eigenvalue weighted by atomic mass is 10.1. The lowest BCUT2D eigenvalue weighted by Gasteiger charge is -2.36. The molecule has 3 saturated heterocycles. The SMILES string of the molecule is Cn1cc(-c2cnc3c(nnn3C[C@@H]3CN(c4ncc(-c5ccc(CN6CCN(c7ccc8c(=O)n(C9CCC(=O)NC9=O)ncc8c7)CC6)cc5)cn4)CCO3)n2)cn1. The third-order valence-corrected chi connectivity index (χ3v) is 11.4. The summed E-state index contributed by atoms with van der Waals surface area (Å²) in [5, 5.41) is 20.6. The van der Waals surface area contributed by atoms with Crippen molar-refractivity contribution < 1.29 is 14.3 Å². The highest BCUT2D eigenvalue weighted by Crippen LogP contribution is 2.25. The lowest BCUT2D eigenvalue weighted by Crippen LogP contribution is -2.46. The van der Waals surface area contributed by atoms with Gasteiger partial charge < -0.3 is 14.5 Å². The molecule has 0 saturated carbocycles. The van der Waals surface area contributed by atoms with Crippen LogP contribution in [0.3, 0.4) is 0 Å².